The van der Waals surface area contributed by atoms with Crippen LogP contribution in [0.2, 0.25) is 0 Å². The highest BCUT2D eigenvalue weighted by molar-refractivity contribution is 7.10. The number of halogens is 1. The summed E-state index contributed by atoms with van der Waals surface area (Å²) in [5.74, 6) is -0.231. The second-order valence-corrected chi connectivity index (χ2v) is 8.46. The third-order valence-electron chi connectivity index (χ3n) is 5.66. The van der Waals surface area contributed by atoms with E-state index in [2.05, 4.69) is 46.7 Å². The molecule has 28 heavy (non-hydrogen) atoms. The summed E-state index contributed by atoms with van der Waals surface area (Å²) >= 11 is 1.84. The van der Waals surface area contributed by atoms with Gasteiger partial charge in [-0.1, -0.05) is 6.07 Å². The minimum Gasteiger partial charge on any atom is -0.308 e. The van der Waals surface area contributed by atoms with Gasteiger partial charge in [0.1, 0.15) is 5.82 Å². The van der Waals surface area contributed by atoms with Gasteiger partial charge in [-0.05, 0) is 75.5 Å². The molecule has 4 rings (SSSR count). The molecule has 2 aromatic heterocycles. The second-order valence-electron chi connectivity index (χ2n) is 7.48. The zero-order valence-electron chi connectivity index (χ0n) is 16.4. The molecule has 1 aromatic carbocycles. The molecule has 1 N–H and O–H groups in total. The van der Waals surface area contributed by atoms with Crippen LogP contribution in [0, 0.1) is 12.7 Å². The second kappa shape index (κ2) is 8.55. The van der Waals surface area contributed by atoms with E-state index in [0.29, 0.717) is 6.04 Å². The number of nitrogens with zero attached hydrogens (tertiary/aromatic N) is 3. The standard InChI is InChI=1S/C22H27FN4S/c1-16(20-14-25-27(17(20)2)19-9-7-18(23)8-10-19)24-15-21(22-6-5-13-28-22)26-11-3-4-12-26/h5-10,13-14,16,21,24H,3-4,11-12,15H2,1-2H3. The largest absolute Gasteiger partial charge is 0.308 e. The van der Waals surface area contributed by atoms with Gasteiger partial charge in [0.15, 0.2) is 0 Å². The molecule has 0 radical (unpaired) electrons. The van der Waals surface area contributed by atoms with Gasteiger partial charge in [0, 0.05) is 28.7 Å². The van der Waals surface area contributed by atoms with Crippen molar-refractivity contribution in [1.29, 1.82) is 0 Å². The van der Waals surface area contributed by atoms with Crippen molar-refractivity contribution in [3.05, 3.63) is 69.9 Å². The molecular weight excluding hydrogens is 371 g/mol. The lowest BCUT2D eigenvalue weighted by Gasteiger charge is -2.28. The van der Waals surface area contributed by atoms with E-state index in [9.17, 15) is 4.39 Å². The number of hydrogen-bond donors (Lipinski definition) is 1. The molecule has 1 fully saturated rings. The van der Waals surface area contributed by atoms with Crippen molar-refractivity contribution < 1.29 is 4.39 Å². The SMILES string of the molecule is Cc1c(C(C)NCC(c2cccs2)N2CCCC2)cnn1-c1ccc(F)cc1. The number of likely N-dealkylation sites (tertiary alicyclic amines) is 1. The Labute approximate surface area is 170 Å². The van der Waals surface area contributed by atoms with Crippen LogP contribution in [0.3, 0.4) is 0 Å². The van der Waals surface area contributed by atoms with Gasteiger partial charge in [-0.15, -0.1) is 11.3 Å². The van der Waals surface area contributed by atoms with Gasteiger partial charge in [-0.3, -0.25) is 4.90 Å². The minimum absolute atomic E-state index is 0.194. The normalized spacial score (nSPS) is 17.1. The van der Waals surface area contributed by atoms with Crippen LogP contribution in [0.15, 0.2) is 48.0 Å². The molecule has 3 aromatic rings. The lowest BCUT2D eigenvalue weighted by molar-refractivity contribution is 0.237. The van der Waals surface area contributed by atoms with Crippen molar-refractivity contribution in [2.45, 2.75) is 38.8 Å². The Balaban J connectivity index is 1.47. The fraction of sp³-hybridized carbons (Fsp3) is 0.409. The summed E-state index contributed by atoms with van der Waals surface area (Å²) in [6, 6.07) is 11.5. The monoisotopic (exact) mass is 398 g/mol. The van der Waals surface area contributed by atoms with Crippen LogP contribution in [0.1, 0.15) is 48.0 Å². The van der Waals surface area contributed by atoms with Gasteiger partial charge in [0.25, 0.3) is 0 Å². The summed E-state index contributed by atoms with van der Waals surface area (Å²) in [5.41, 5.74) is 3.14. The number of benzene rings is 1. The lowest BCUT2D eigenvalue weighted by atomic mass is 10.1. The van der Waals surface area contributed by atoms with E-state index < -0.39 is 0 Å². The van der Waals surface area contributed by atoms with Crippen molar-refractivity contribution in [2.75, 3.05) is 19.6 Å². The van der Waals surface area contributed by atoms with Crippen LogP contribution in [0.25, 0.3) is 5.69 Å². The highest BCUT2D eigenvalue weighted by atomic mass is 32.1. The van der Waals surface area contributed by atoms with E-state index in [4.69, 9.17) is 0 Å². The first kappa shape index (κ1) is 19.3. The average Bonchev–Trinajstić information content (AvgIpc) is 3.45. The fourth-order valence-corrected chi connectivity index (χ4v) is 4.89. The lowest BCUT2D eigenvalue weighted by Crippen LogP contribution is -2.34. The van der Waals surface area contributed by atoms with Gasteiger partial charge in [-0.2, -0.15) is 5.10 Å². The molecule has 1 aliphatic rings. The number of aromatic nitrogens is 2. The first-order chi connectivity index (χ1) is 13.6. The number of rotatable bonds is 7. The Morgan fingerprint density at radius 1 is 1.18 bits per heavy atom. The van der Waals surface area contributed by atoms with Crippen LogP contribution in [0.5, 0.6) is 0 Å². The van der Waals surface area contributed by atoms with E-state index in [1.54, 1.807) is 12.1 Å². The van der Waals surface area contributed by atoms with E-state index in [-0.39, 0.29) is 11.9 Å². The molecule has 0 bridgehead atoms. The van der Waals surface area contributed by atoms with E-state index in [1.165, 1.54) is 48.5 Å². The van der Waals surface area contributed by atoms with Crippen molar-refractivity contribution in [2.24, 2.45) is 0 Å². The molecule has 0 aliphatic carbocycles. The summed E-state index contributed by atoms with van der Waals surface area (Å²) in [6.07, 6.45) is 4.51. The molecule has 0 amide bonds. The molecule has 148 valence electrons. The van der Waals surface area contributed by atoms with Crippen molar-refractivity contribution >= 4 is 11.3 Å². The van der Waals surface area contributed by atoms with Crippen LogP contribution in [-0.2, 0) is 0 Å². The summed E-state index contributed by atoms with van der Waals surface area (Å²) in [4.78, 5) is 4.03. The molecular formula is C22H27FN4S. The van der Waals surface area contributed by atoms with Gasteiger partial charge in [0.05, 0.1) is 17.9 Å². The maximum absolute atomic E-state index is 13.2. The predicted molar refractivity (Wildman–Crippen MR) is 113 cm³/mol. The van der Waals surface area contributed by atoms with Crippen LogP contribution in [-0.4, -0.2) is 34.3 Å². The fourth-order valence-electron chi connectivity index (χ4n) is 4.03. The Hall–Kier alpha value is -2.02. The topological polar surface area (TPSA) is 33.1 Å². The Bertz CT molecular complexity index is 882. The quantitative estimate of drug-likeness (QED) is 0.616. The minimum atomic E-state index is -0.231. The first-order valence-corrected chi connectivity index (χ1v) is 10.8. The molecule has 0 spiro atoms. The number of hydrogen-bond acceptors (Lipinski definition) is 4. The molecule has 3 heterocycles. The summed E-state index contributed by atoms with van der Waals surface area (Å²) in [5, 5.41) is 10.4. The number of thiophene rings is 1. The molecule has 2 unspecified atom stereocenters. The van der Waals surface area contributed by atoms with Crippen molar-refractivity contribution in [3.63, 3.8) is 0 Å². The van der Waals surface area contributed by atoms with Gasteiger partial charge in [0.2, 0.25) is 0 Å². The highest BCUT2D eigenvalue weighted by Crippen LogP contribution is 2.29. The van der Waals surface area contributed by atoms with Crippen LogP contribution in [0.4, 0.5) is 4.39 Å². The average molecular weight is 399 g/mol. The molecule has 6 heteroatoms. The molecule has 1 aliphatic heterocycles. The van der Waals surface area contributed by atoms with E-state index in [1.807, 2.05) is 22.2 Å². The summed E-state index contributed by atoms with van der Waals surface area (Å²) in [7, 11) is 0. The van der Waals surface area contributed by atoms with E-state index >= 15 is 0 Å². The molecule has 0 saturated carbocycles. The Kier molecular flexibility index (Phi) is 5.90. The molecule has 4 nitrogen and oxygen atoms in total. The van der Waals surface area contributed by atoms with E-state index in [0.717, 1.165) is 17.9 Å². The molecule has 1 saturated heterocycles. The van der Waals surface area contributed by atoms with Crippen LogP contribution < -0.4 is 5.32 Å². The van der Waals surface area contributed by atoms with Gasteiger partial charge < -0.3 is 5.32 Å². The smallest absolute Gasteiger partial charge is 0.123 e. The Morgan fingerprint density at radius 3 is 2.61 bits per heavy atom. The van der Waals surface area contributed by atoms with Crippen molar-refractivity contribution in [3.8, 4) is 5.69 Å². The summed E-state index contributed by atoms with van der Waals surface area (Å²) in [6.45, 7) is 7.54. The third-order valence-corrected chi connectivity index (χ3v) is 6.63. The maximum Gasteiger partial charge on any atom is 0.123 e. The predicted octanol–water partition coefficient (Wildman–Crippen LogP) is 4.87. The van der Waals surface area contributed by atoms with Gasteiger partial charge in [-0.25, -0.2) is 9.07 Å². The zero-order valence-corrected chi connectivity index (χ0v) is 17.3. The van der Waals surface area contributed by atoms with Crippen molar-refractivity contribution in [1.82, 2.24) is 20.0 Å². The molecule has 2 atom stereocenters. The van der Waals surface area contributed by atoms with Crippen LogP contribution >= 0.6 is 11.3 Å². The summed E-state index contributed by atoms with van der Waals surface area (Å²) < 4.78 is 15.1. The number of nitrogens with one attached hydrogen (secondary N) is 1. The zero-order chi connectivity index (χ0) is 19.5. The first-order valence-electron chi connectivity index (χ1n) is 9.95. The highest BCUT2D eigenvalue weighted by Gasteiger charge is 2.25. The third kappa shape index (κ3) is 4.04. The van der Waals surface area contributed by atoms with Gasteiger partial charge >= 0.3 is 0 Å². The Morgan fingerprint density at radius 2 is 1.93 bits per heavy atom. The maximum atomic E-state index is 13.2.